The van der Waals surface area contributed by atoms with Crippen LogP contribution in [0.1, 0.15) is 17.3 Å². The maximum absolute atomic E-state index is 13.9. The fourth-order valence-corrected chi connectivity index (χ4v) is 2.05. The number of nitrogens with zero attached hydrogens (tertiary/aromatic N) is 1. The molecule has 0 aromatic heterocycles. The van der Waals surface area contributed by atoms with Gasteiger partial charge in [0.2, 0.25) is 0 Å². The number of ketones is 1. The summed E-state index contributed by atoms with van der Waals surface area (Å²) in [5.74, 6) is -0.702. The number of benzene rings is 1. The van der Waals surface area contributed by atoms with E-state index in [2.05, 4.69) is 0 Å². The zero-order valence-electron chi connectivity index (χ0n) is 10.5. The molecular weight excluding hydrogens is 237 g/mol. The van der Waals surface area contributed by atoms with Gasteiger partial charge in [-0.05, 0) is 13.0 Å². The summed E-state index contributed by atoms with van der Waals surface area (Å²) in [7, 11) is 1.36. The highest BCUT2D eigenvalue weighted by Gasteiger charge is 2.19. The number of anilines is 1. The molecule has 0 spiro atoms. The highest BCUT2D eigenvalue weighted by atomic mass is 19.1. The van der Waals surface area contributed by atoms with Gasteiger partial charge < -0.3 is 14.4 Å². The number of ether oxygens (including phenoxy) is 2. The standard InChI is InChI=1S/C13H16FNO3/c1-9(16)11-7-10(8-12(14)13(11)17-2)15-3-5-18-6-4-15/h7-8H,3-6H2,1-2H3. The summed E-state index contributed by atoms with van der Waals surface area (Å²) < 4.78 is 24.1. The first-order valence-electron chi connectivity index (χ1n) is 5.84. The second kappa shape index (κ2) is 5.35. The van der Waals surface area contributed by atoms with Crippen molar-refractivity contribution in [1.29, 1.82) is 0 Å². The average molecular weight is 253 g/mol. The van der Waals surface area contributed by atoms with Gasteiger partial charge >= 0.3 is 0 Å². The molecular formula is C13H16FNO3. The highest BCUT2D eigenvalue weighted by molar-refractivity contribution is 5.98. The Kier molecular flexibility index (Phi) is 3.81. The van der Waals surface area contributed by atoms with Crippen LogP contribution in [0.3, 0.4) is 0 Å². The van der Waals surface area contributed by atoms with Crippen LogP contribution in [-0.2, 0) is 4.74 Å². The predicted molar refractivity (Wildman–Crippen MR) is 66.0 cm³/mol. The van der Waals surface area contributed by atoms with Crippen molar-refractivity contribution in [3.63, 3.8) is 0 Å². The molecule has 1 aliphatic heterocycles. The molecule has 1 saturated heterocycles. The van der Waals surface area contributed by atoms with Gasteiger partial charge in [0.05, 0.1) is 25.9 Å². The first kappa shape index (κ1) is 12.8. The molecule has 2 rings (SSSR count). The number of rotatable bonds is 3. The molecule has 18 heavy (non-hydrogen) atoms. The van der Waals surface area contributed by atoms with Crippen LogP contribution in [0.25, 0.3) is 0 Å². The molecule has 0 N–H and O–H groups in total. The summed E-state index contributed by atoms with van der Waals surface area (Å²) in [6.45, 7) is 4.03. The SMILES string of the molecule is COc1c(F)cc(N2CCOCC2)cc1C(C)=O. The van der Waals surface area contributed by atoms with Crippen LogP contribution in [0.5, 0.6) is 5.75 Å². The van der Waals surface area contributed by atoms with Gasteiger partial charge in [0.1, 0.15) is 0 Å². The lowest BCUT2D eigenvalue weighted by Gasteiger charge is -2.29. The first-order chi connectivity index (χ1) is 8.63. The van der Waals surface area contributed by atoms with Crippen LogP contribution in [0.15, 0.2) is 12.1 Å². The van der Waals surface area contributed by atoms with Crippen molar-refractivity contribution >= 4 is 11.5 Å². The summed E-state index contributed by atoms with van der Waals surface area (Å²) in [6, 6.07) is 3.08. The summed E-state index contributed by atoms with van der Waals surface area (Å²) in [5.41, 5.74) is 0.973. The first-order valence-corrected chi connectivity index (χ1v) is 5.84. The molecule has 0 radical (unpaired) electrons. The van der Waals surface area contributed by atoms with Gasteiger partial charge in [0.15, 0.2) is 17.3 Å². The summed E-state index contributed by atoms with van der Waals surface area (Å²) >= 11 is 0. The molecule has 1 aromatic rings. The van der Waals surface area contributed by atoms with E-state index in [1.165, 1.54) is 20.1 Å². The third kappa shape index (κ3) is 2.46. The molecule has 0 aliphatic carbocycles. The number of Topliss-reactive ketones (excluding diaryl/α,β-unsaturated/α-hetero) is 1. The van der Waals surface area contributed by atoms with E-state index in [1.807, 2.05) is 4.90 Å². The van der Waals surface area contributed by atoms with E-state index in [-0.39, 0.29) is 17.1 Å². The normalized spacial score (nSPS) is 15.6. The number of morpholine rings is 1. The monoisotopic (exact) mass is 253 g/mol. The molecule has 4 nitrogen and oxygen atoms in total. The van der Waals surface area contributed by atoms with E-state index >= 15 is 0 Å². The second-order valence-electron chi connectivity index (χ2n) is 4.16. The van der Waals surface area contributed by atoms with E-state index in [4.69, 9.17) is 9.47 Å². The van der Waals surface area contributed by atoms with Gasteiger partial charge in [-0.25, -0.2) is 4.39 Å². The van der Waals surface area contributed by atoms with Crippen molar-refractivity contribution in [3.8, 4) is 5.75 Å². The quantitative estimate of drug-likeness (QED) is 0.771. The third-order valence-corrected chi connectivity index (χ3v) is 2.99. The number of carbonyl (C=O) groups is 1. The van der Waals surface area contributed by atoms with E-state index in [9.17, 15) is 9.18 Å². The van der Waals surface area contributed by atoms with Crippen LogP contribution < -0.4 is 9.64 Å². The van der Waals surface area contributed by atoms with Crippen molar-refractivity contribution in [2.24, 2.45) is 0 Å². The molecule has 5 heteroatoms. The van der Waals surface area contributed by atoms with Crippen LogP contribution in [0, 0.1) is 5.82 Å². The molecule has 1 heterocycles. The average Bonchev–Trinajstić information content (AvgIpc) is 2.38. The van der Waals surface area contributed by atoms with Crippen molar-refractivity contribution in [1.82, 2.24) is 0 Å². The third-order valence-electron chi connectivity index (χ3n) is 2.99. The van der Waals surface area contributed by atoms with Crippen molar-refractivity contribution < 1.29 is 18.7 Å². The molecule has 98 valence electrons. The topological polar surface area (TPSA) is 38.8 Å². The smallest absolute Gasteiger partial charge is 0.167 e. The van der Waals surface area contributed by atoms with Crippen molar-refractivity contribution in [3.05, 3.63) is 23.5 Å². The molecule has 0 unspecified atom stereocenters. The molecule has 0 amide bonds. The maximum Gasteiger partial charge on any atom is 0.167 e. The fourth-order valence-electron chi connectivity index (χ4n) is 2.05. The van der Waals surface area contributed by atoms with Crippen molar-refractivity contribution in [2.75, 3.05) is 38.3 Å². The Labute approximate surface area is 105 Å². The summed E-state index contributed by atoms with van der Waals surface area (Å²) in [4.78, 5) is 13.5. The Bertz CT molecular complexity index is 456. The molecule has 1 fully saturated rings. The van der Waals surface area contributed by atoms with E-state index < -0.39 is 5.82 Å². The molecule has 0 saturated carbocycles. The number of hydrogen-bond donors (Lipinski definition) is 0. The Morgan fingerprint density at radius 3 is 2.61 bits per heavy atom. The Balaban J connectivity index is 2.40. The molecule has 0 atom stereocenters. The Morgan fingerprint density at radius 1 is 1.39 bits per heavy atom. The van der Waals surface area contributed by atoms with Gasteiger partial charge in [-0.15, -0.1) is 0 Å². The number of methoxy groups -OCH3 is 1. The minimum atomic E-state index is -0.508. The lowest BCUT2D eigenvalue weighted by atomic mass is 10.1. The minimum Gasteiger partial charge on any atom is -0.493 e. The maximum atomic E-state index is 13.9. The zero-order chi connectivity index (χ0) is 13.1. The Morgan fingerprint density at radius 2 is 2.06 bits per heavy atom. The van der Waals surface area contributed by atoms with Crippen LogP contribution in [-0.4, -0.2) is 39.2 Å². The van der Waals surface area contributed by atoms with Crippen LogP contribution in [0.4, 0.5) is 10.1 Å². The van der Waals surface area contributed by atoms with Crippen LogP contribution >= 0.6 is 0 Å². The number of halogens is 1. The van der Waals surface area contributed by atoms with E-state index in [0.717, 1.165) is 0 Å². The summed E-state index contributed by atoms with van der Waals surface area (Å²) in [5, 5.41) is 0. The van der Waals surface area contributed by atoms with Crippen LogP contribution in [0.2, 0.25) is 0 Å². The molecule has 1 aliphatic rings. The fraction of sp³-hybridized carbons (Fsp3) is 0.462. The highest BCUT2D eigenvalue weighted by Crippen LogP contribution is 2.29. The molecule has 0 bridgehead atoms. The zero-order valence-corrected chi connectivity index (χ0v) is 10.5. The minimum absolute atomic E-state index is 0.0134. The van der Waals surface area contributed by atoms with E-state index in [1.54, 1.807) is 6.07 Å². The lowest BCUT2D eigenvalue weighted by molar-refractivity contribution is 0.101. The number of hydrogen-bond acceptors (Lipinski definition) is 4. The van der Waals surface area contributed by atoms with Gasteiger partial charge in [-0.3, -0.25) is 4.79 Å². The Hall–Kier alpha value is -1.62. The summed E-state index contributed by atoms with van der Waals surface area (Å²) in [6.07, 6.45) is 0. The van der Waals surface area contributed by atoms with Gasteiger partial charge in [0, 0.05) is 24.8 Å². The van der Waals surface area contributed by atoms with Gasteiger partial charge in [-0.1, -0.05) is 0 Å². The van der Waals surface area contributed by atoms with E-state index in [0.29, 0.717) is 32.0 Å². The van der Waals surface area contributed by atoms with Gasteiger partial charge in [0.25, 0.3) is 0 Å². The number of carbonyl (C=O) groups excluding carboxylic acids is 1. The largest absolute Gasteiger partial charge is 0.493 e. The molecule has 1 aromatic carbocycles. The van der Waals surface area contributed by atoms with Gasteiger partial charge in [-0.2, -0.15) is 0 Å². The van der Waals surface area contributed by atoms with Crippen molar-refractivity contribution in [2.45, 2.75) is 6.92 Å². The predicted octanol–water partition coefficient (Wildman–Crippen LogP) is 1.87. The second-order valence-corrected chi connectivity index (χ2v) is 4.16. The lowest BCUT2D eigenvalue weighted by Crippen LogP contribution is -2.36.